The number of hydrogen-bond acceptors (Lipinski definition) is 5. The summed E-state index contributed by atoms with van der Waals surface area (Å²) in [5.41, 5.74) is 10.9. The number of nitrogen functional groups attached to an aromatic ring is 1. The van der Waals surface area contributed by atoms with E-state index in [-0.39, 0.29) is 0 Å². The fourth-order valence-electron chi connectivity index (χ4n) is 4.20. The number of rotatable bonds is 4. The van der Waals surface area contributed by atoms with Crippen molar-refractivity contribution in [3.05, 3.63) is 48.3 Å². The third kappa shape index (κ3) is 2.92. The van der Waals surface area contributed by atoms with Crippen molar-refractivity contribution in [3.8, 4) is 11.3 Å². The van der Waals surface area contributed by atoms with Crippen LogP contribution in [0.15, 0.2) is 42.7 Å². The lowest BCUT2D eigenvalue weighted by Gasteiger charge is -2.14. The van der Waals surface area contributed by atoms with Crippen LogP contribution in [0.3, 0.4) is 0 Å². The SMILES string of the molecule is Nc1ncnc2ccc(-c3cccc(C4CC4CN4CCCC4)c3)nc12. The van der Waals surface area contributed by atoms with E-state index in [1.165, 1.54) is 50.8 Å². The fraction of sp³-hybridized carbons (Fsp3) is 0.381. The van der Waals surface area contributed by atoms with Crippen molar-refractivity contribution in [1.82, 2.24) is 19.9 Å². The van der Waals surface area contributed by atoms with E-state index in [0.717, 1.165) is 22.7 Å². The molecule has 1 aliphatic carbocycles. The summed E-state index contributed by atoms with van der Waals surface area (Å²) in [6.45, 7) is 3.83. The molecule has 1 saturated heterocycles. The van der Waals surface area contributed by atoms with Crippen molar-refractivity contribution >= 4 is 16.9 Å². The van der Waals surface area contributed by atoms with E-state index in [4.69, 9.17) is 10.7 Å². The van der Waals surface area contributed by atoms with Crippen molar-refractivity contribution in [3.63, 3.8) is 0 Å². The van der Waals surface area contributed by atoms with Crippen LogP contribution in [-0.4, -0.2) is 39.5 Å². The Morgan fingerprint density at radius 3 is 2.85 bits per heavy atom. The van der Waals surface area contributed by atoms with Gasteiger partial charge in [0.25, 0.3) is 0 Å². The standard InChI is InChI=1S/C21H23N5/c22-21-20-19(23-13-24-21)7-6-18(25-20)15-5-3-4-14(10-15)17-11-16(17)12-26-8-1-2-9-26/h3-7,10,13,16-17H,1-2,8-9,11-12H2,(H2,22,23,24). The highest BCUT2D eigenvalue weighted by Gasteiger charge is 2.39. The summed E-state index contributed by atoms with van der Waals surface area (Å²) in [5, 5.41) is 0. The Labute approximate surface area is 153 Å². The van der Waals surface area contributed by atoms with Gasteiger partial charge in [0.1, 0.15) is 11.8 Å². The van der Waals surface area contributed by atoms with Crippen LogP contribution in [0.2, 0.25) is 0 Å². The monoisotopic (exact) mass is 345 g/mol. The van der Waals surface area contributed by atoms with Gasteiger partial charge in [-0.25, -0.2) is 15.0 Å². The number of nitrogens with two attached hydrogens (primary N) is 1. The lowest BCUT2D eigenvalue weighted by Crippen LogP contribution is -2.22. The molecular weight excluding hydrogens is 322 g/mol. The molecule has 2 aliphatic rings. The van der Waals surface area contributed by atoms with Gasteiger partial charge in [0, 0.05) is 12.1 Å². The van der Waals surface area contributed by atoms with E-state index in [2.05, 4.69) is 39.1 Å². The van der Waals surface area contributed by atoms with Gasteiger partial charge in [-0.1, -0.05) is 18.2 Å². The molecule has 2 atom stereocenters. The molecule has 26 heavy (non-hydrogen) atoms. The largest absolute Gasteiger partial charge is 0.382 e. The molecule has 3 heterocycles. The third-order valence-electron chi connectivity index (χ3n) is 5.73. The number of benzene rings is 1. The second-order valence-corrected chi connectivity index (χ2v) is 7.56. The number of pyridine rings is 1. The molecule has 132 valence electrons. The molecule has 0 spiro atoms. The minimum atomic E-state index is 0.431. The van der Waals surface area contributed by atoms with E-state index in [0.29, 0.717) is 17.3 Å². The first-order chi connectivity index (χ1) is 12.8. The zero-order valence-electron chi connectivity index (χ0n) is 14.8. The minimum Gasteiger partial charge on any atom is -0.382 e. The Bertz CT molecular complexity index is 948. The Balaban J connectivity index is 1.39. The van der Waals surface area contributed by atoms with Gasteiger partial charge in [-0.2, -0.15) is 0 Å². The van der Waals surface area contributed by atoms with Crippen molar-refractivity contribution in [2.45, 2.75) is 25.2 Å². The number of hydrogen-bond donors (Lipinski definition) is 1. The first-order valence-electron chi connectivity index (χ1n) is 9.48. The van der Waals surface area contributed by atoms with Crippen LogP contribution in [0.1, 0.15) is 30.7 Å². The van der Waals surface area contributed by atoms with Gasteiger partial charge in [-0.05, 0) is 68.0 Å². The maximum absolute atomic E-state index is 5.97. The lowest BCUT2D eigenvalue weighted by atomic mass is 10.0. The van der Waals surface area contributed by atoms with Crippen molar-refractivity contribution < 1.29 is 0 Å². The maximum atomic E-state index is 5.97. The molecule has 0 amide bonds. The molecule has 1 aliphatic heterocycles. The van der Waals surface area contributed by atoms with Crippen LogP contribution in [0, 0.1) is 5.92 Å². The number of nitrogens with zero attached hydrogens (tertiary/aromatic N) is 4. The summed E-state index contributed by atoms with van der Waals surface area (Å²) < 4.78 is 0. The fourth-order valence-corrected chi connectivity index (χ4v) is 4.20. The molecule has 0 bridgehead atoms. The third-order valence-corrected chi connectivity index (χ3v) is 5.73. The molecule has 2 fully saturated rings. The van der Waals surface area contributed by atoms with E-state index in [1.807, 2.05) is 12.1 Å². The van der Waals surface area contributed by atoms with E-state index < -0.39 is 0 Å². The number of fused-ring (bicyclic) bond motifs is 1. The molecule has 5 heteroatoms. The number of aromatic nitrogens is 3. The van der Waals surface area contributed by atoms with Gasteiger partial charge in [0.15, 0.2) is 5.82 Å². The molecule has 2 unspecified atom stereocenters. The van der Waals surface area contributed by atoms with Crippen LogP contribution >= 0.6 is 0 Å². The molecule has 1 aromatic carbocycles. The summed E-state index contributed by atoms with van der Waals surface area (Å²) in [6, 6.07) is 12.8. The van der Waals surface area contributed by atoms with Crippen LogP contribution in [-0.2, 0) is 0 Å². The summed E-state index contributed by atoms with van der Waals surface area (Å²) >= 11 is 0. The van der Waals surface area contributed by atoms with Gasteiger partial charge in [-0.3, -0.25) is 0 Å². The Morgan fingerprint density at radius 2 is 1.96 bits per heavy atom. The number of likely N-dealkylation sites (tertiary alicyclic amines) is 1. The van der Waals surface area contributed by atoms with Crippen LogP contribution in [0.5, 0.6) is 0 Å². The number of anilines is 1. The Morgan fingerprint density at radius 1 is 1.08 bits per heavy atom. The predicted octanol–water partition coefficient (Wildman–Crippen LogP) is 3.47. The topological polar surface area (TPSA) is 67.9 Å². The highest BCUT2D eigenvalue weighted by molar-refractivity contribution is 5.85. The average molecular weight is 345 g/mol. The zero-order chi connectivity index (χ0) is 17.5. The van der Waals surface area contributed by atoms with Gasteiger partial charge < -0.3 is 10.6 Å². The highest BCUT2D eigenvalue weighted by Crippen LogP contribution is 2.48. The zero-order valence-corrected chi connectivity index (χ0v) is 14.8. The molecule has 2 N–H and O–H groups in total. The first-order valence-corrected chi connectivity index (χ1v) is 9.48. The quantitative estimate of drug-likeness (QED) is 0.784. The minimum absolute atomic E-state index is 0.431. The van der Waals surface area contributed by atoms with Gasteiger partial charge in [0.2, 0.25) is 0 Å². The highest BCUT2D eigenvalue weighted by atomic mass is 15.1. The lowest BCUT2D eigenvalue weighted by molar-refractivity contribution is 0.322. The van der Waals surface area contributed by atoms with E-state index in [1.54, 1.807) is 0 Å². The van der Waals surface area contributed by atoms with Gasteiger partial charge >= 0.3 is 0 Å². The molecule has 5 nitrogen and oxygen atoms in total. The molecular formula is C21H23N5. The van der Waals surface area contributed by atoms with Gasteiger partial charge in [-0.15, -0.1) is 0 Å². The maximum Gasteiger partial charge on any atom is 0.153 e. The van der Waals surface area contributed by atoms with E-state index >= 15 is 0 Å². The summed E-state index contributed by atoms with van der Waals surface area (Å²) in [6.07, 6.45) is 5.53. The van der Waals surface area contributed by atoms with E-state index in [9.17, 15) is 0 Å². The smallest absolute Gasteiger partial charge is 0.153 e. The average Bonchev–Trinajstić information content (AvgIpc) is 3.24. The molecule has 2 aromatic heterocycles. The van der Waals surface area contributed by atoms with Crippen molar-refractivity contribution in [2.24, 2.45) is 5.92 Å². The van der Waals surface area contributed by atoms with Gasteiger partial charge in [0.05, 0.1) is 11.2 Å². The van der Waals surface area contributed by atoms with Crippen LogP contribution in [0.4, 0.5) is 5.82 Å². The van der Waals surface area contributed by atoms with Crippen molar-refractivity contribution in [1.29, 1.82) is 0 Å². The summed E-state index contributed by atoms with van der Waals surface area (Å²) in [4.78, 5) is 15.6. The second-order valence-electron chi connectivity index (χ2n) is 7.56. The second kappa shape index (κ2) is 6.32. The van der Waals surface area contributed by atoms with Crippen LogP contribution < -0.4 is 5.73 Å². The summed E-state index contributed by atoms with van der Waals surface area (Å²) in [7, 11) is 0. The normalized spacial score (nSPS) is 22.8. The predicted molar refractivity (Wildman–Crippen MR) is 104 cm³/mol. The molecule has 5 rings (SSSR count). The van der Waals surface area contributed by atoms with Crippen LogP contribution in [0.25, 0.3) is 22.3 Å². The summed E-state index contributed by atoms with van der Waals surface area (Å²) in [5.74, 6) is 1.95. The molecule has 3 aromatic rings. The first kappa shape index (κ1) is 15.7. The van der Waals surface area contributed by atoms with Crippen molar-refractivity contribution in [2.75, 3.05) is 25.4 Å². The Kier molecular flexibility index (Phi) is 3.82. The molecule has 0 radical (unpaired) electrons. The molecule has 1 saturated carbocycles. The Hall–Kier alpha value is -2.53.